The van der Waals surface area contributed by atoms with Crippen LogP contribution in [0.15, 0.2) is 17.0 Å². The molecule has 0 amide bonds. The number of hydrogen-bond acceptors (Lipinski definition) is 4. The quantitative estimate of drug-likeness (QED) is 0.516. The topological polar surface area (TPSA) is 52.3 Å². The maximum atomic E-state index is 13.1. The van der Waals surface area contributed by atoms with Crippen molar-refractivity contribution >= 4 is 35.0 Å². The van der Waals surface area contributed by atoms with E-state index in [1.165, 1.54) is 31.0 Å². The summed E-state index contributed by atoms with van der Waals surface area (Å²) in [7, 11) is 1.32. The highest BCUT2D eigenvalue weighted by molar-refractivity contribution is 7.99. The normalized spacial score (nSPS) is 10.2. The Kier molecular flexibility index (Phi) is 4.89. The van der Waals surface area contributed by atoms with Crippen molar-refractivity contribution in [3.05, 3.63) is 23.0 Å². The molecular weight excluding hydrogens is 253 g/mol. The molecule has 0 aliphatic rings. The molecule has 16 heavy (non-hydrogen) atoms. The molecule has 1 rings (SSSR count). The molecule has 0 fully saturated rings. The highest BCUT2D eigenvalue weighted by Gasteiger charge is 2.08. The summed E-state index contributed by atoms with van der Waals surface area (Å²) >= 11 is 6.84. The smallest absolute Gasteiger partial charge is 0.306 e. The van der Waals surface area contributed by atoms with E-state index in [2.05, 4.69) is 4.74 Å². The molecule has 0 heterocycles. The van der Waals surface area contributed by atoms with E-state index < -0.39 is 5.82 Å². The largest absolute Gasteiger partial charge is 0.469 e. The van der Waals surface area contributed by atoms with Crippen LogP contribution in [0.1, 0.15) is 6.42 Å². The van der Waals surface area contributed by atoms with Gasteiger partial charge in [-0.1, -0.05) is 11.6 Å². The van der Waals surface area contributed by atoms with E-state index in [1.807, 2.05) is 0 Å². The molecule has 1 aromatic rings. The third kappa shape index (κ3) is 3.57. The molecule has 0 aliphatic heterocycles. The van der Waals surface area contributed by atoms with Crippen molar-refractivity contribution in [3.63, 3.8) is 0 Å². The van der Waals surface area contributed by atoms with Gasteiger partial charge < -0.3 is 10.5 Å². The summed E-state index contributed by atoms with van der Waals surface area (Å²) in [6, 6.07) is 2.62. The van der Waals surface area contributed by atoms with Gasteiger partial charge in [-0.2, -0.15) is 0 Å². The van der Waals surface area contributed by atoms with Crippen molar-refractivity contribution in [1.82, 2.24) is 0 Å². The van der Waals surface area contributed by atoms with Gasteiger partial charge in [0, 0.05) is 16.3 Å². The number of halogens is 2. The molecule has 0 atom stereocenters. The Bertz CT molecular complexity index is 401. The number of nitrogens with two attached hydrogens (primary N) is 1. The van der Waals surface area contributed by atoms with Crippen molar-refractivity contribution in [3.8, 4) is 0 Å². The lowest BCUT2D eigenvalue weighted by molar-refractivity contribution is -0.140. The Hall–Kier alpha value is -0.940. The predicted molar refractivity (Wildman–Crippen MR) is 63.2 cm³/mol. The maximum Gasteiger partial charge on any atom is 0.306 e. The lowest BCUT2D eigenvalue weighted by Gasteiger charge is -2.06. The molecule has 0 aromatic heterocycles. The number of nitrogen functional groups attached to an aromatic ring is 1. The van der Waals surface area contributed by atoms with Gasteiger partial charge in [-0.15, -0.1) is 11.8 Å². The van der Waals surface area contributed by atoms with Gasteiger partial charge in [0.25, 0.3) is 0 Å². The number of rotatable bonds is 4. The molecule has 0 bridgehead atoms. The minimum atomic E-state index is -0.517. The first kappa shape index (κ1) is 13.1. The van der Waals surface area contributed by atoms with E-state index in [1.54, 1.807) is 0 Å². The summed E-state index contributed by atoms with van der Waals surface area (Å²) in [5, 5.41) is -0.00480. The molecule has 2 N–H and O–H groups in total. The fourth-order valence-corrected chi connectivity index (χ4v) is 2.09. The van der Waals surface area contributed by atoms with Crippen LogP contribution in [-0.2, 0) is 9.53 Å². The first-order valence-electron chi connectivity index (χ1n) is 4.48. The minimum absolute atomic E-state index is 0.00480. The van der Waals surface area contributed by atoms with Gasteiger partial charge in [-0.25, -0.2) is 4.39 Å². The molecule has 1 aromatic carbocycles. The second-order valence-corrected chi connectivity index (χ2v) is 4.52. The summed E-state index contributed by atoms with van der Waals surface area (Å²) < 4.78 is 17.6. The van der Waals surface area contributed by atoms with Crippen molar-refractivity contribution < 1.29 is 13.9 Å². The number of ether oxygens (including phenoxy) is 1. The van der Waals surface area contributed by atoms with Crippen molar-refractivity contribution in [1.29, 1.82) is 0 Å². The number of anilines is 1. The predicted octanol–water partition coefficient (Wildman–Crippen LogP) is 2.72. The zero-order valence-electron chi connectivity index (χ0n) is 8.63. The van der Waals surface area contributed by atoms with Gasteiger partial charge in [0.05, 0.1) is 18.6 Å². The van der Waals surface area contributed by atoms with E-state index in [0.29, 0.717) is 16.3 Å². The van der Waals surface area contributed by atoms with E-state index in [9.17, 15) is 9.18 Å². The number of benzene rings is 1. The fraction of sp³-hybridized carbons (Fsp3) is 0.300. The Morgan fingerprint density at radius 2 is 2.31 bits per heavy atom. The van der Waals surface area contributed by atoms with Crippen LogP contribution in [0.3, 0.4) is 0 Å². The lowest BCUT2D eigenvalue weighted by Crippen LogP contribution is -2.01. The molecule has 3 nitrogen and oxygen atoms in total. The number of methoxy groups -OCH3 is 1. The lowest BCUT2D eigenvalue weighted by atomic mass is 10.3. The summed E-state index contributed by atoms with van der Waals surface area (Å²) in [4.78, 5) is 11.4. The summed E-state index contributed by atoms with van der Waals surface area (Å²) in [6.45, 7) is 0. The molecule has 0 saturated carbocycles. The molecule has 0 aliphatic carbocycles. The fourth-order valence-electron chi connectivity index (χ4n) is 1.02. The zero-order chi connectivity index (χ0) is 12.1. The van der Waals surface area contributed by atoms with Crippen LogP contribution in [0.5, 0.6) is 0 Å². The van der Waals surface area contributed by atoms with Crippen LogP contribution in [0.2, 0.25) is 5.02 Å². The van der Waals surface area contributed by atoms with E-state index in [0.717, 1.165) is 0 Å². The van der Waals surface area contributed by atoms with Gasteiger partial charge in [0.15, 0.2) is 0 Å². The standard InChI is InChI=1S/C10H11ClFNO2S/c1-15-10(14)2-3-16-9-5-7(12)6(11)4-8(9)13/h4-5H,2-3,13H2,1H3. The maximum absolute atomic E-state index is 13.1. The second kappa shape index (κ2) is 5.96. The third-order valence-electron chi connectivity index (χ3n) is 1.84. The zero-order valence-corrected chi connectivity index (χ0v) is 10.2. The Morgan fingerprint density at radius 1 is 1.62 bits per heavy atom. The highest BCUT2D eigenvalue weighted by Crippen LogP contribution is 2.30. The van der Waals surface area contributed by atoms with Crippen LogP contribution in [-0.4, -0.2) is 18.8 Å². The number of thioether (sulfide) groups is 1. The molecule has 6 heteroatoms. The number of carbonyl (C=O) groups excluding carboxylic acids is 1. The molecule has 0 unspecified atom stereocenters. The Labute approximate surface area is 102 Å². The first-order chi connectivity index (χ1) is 7.54. The van der Waals surface area contributed by atoms with Gasteiger partial charge in [0.2, 0.25) is 0 Å². The molecule has 0 spiro atoms. The van der Waals surface area contributed by atoms with Gasteiger partial charge in [-0.05, 0) is 12.1 Å². The van der Waals surface area contributed by atoms with Gasteiger partial charge >= 0.3 is 5.97 Å². The van der Waals surface area contributed by atoms with E-state index in [4.69, 9.17) is 17.3 Å². The van der Waals surface area contributed by atoms with Crippen LogP contribution in [0, 0.1) is 5.82 Å². The monoisotopic (exact) mass is 263 g/mol. The van der Waals surface area contributed by atoms with Gasteiger partial charge in [-0.3, -0.25) is 4.79 Å². The van der Waals surface area contributed by atoms with Crippen LogP contribution < -0.4 is 5.73 Å². The SMILES string of the molecule is COC(=O)CCSc1cc(F)c(Cl)cc1N. The van der Waals surface area contributed by atoms with Crippen LogP contribution in [0.4, 0.5) is 10.1 Å². The van der Waals surface area contributed by atoms with Gasteiger partial charge in [0.1, 0.15) is 5.82 Å². The highest BCUT2D eigenvalue weighted by atomic mass is 35.5. The van der Waals surface area contributed by atoms with Crippen molar-refractivity contribution in [2.24, 2.45) is 0 Å². The summed E-state index contributed by atoms with van der Waals surface area (Å²) in [6.07, 6.45) is 0.255. The second-order valence-electron chi connectivity index (χ2n) is 2.98. The summed E-state index contributed by atoms with van der Waals surface area (Å²) in [5.74, 6) is -0.338. The van der Waals surface area contributed by atoms with Crippen LogP contribution in [0.25, 0.3) is 0 Å². The van der Waals surface area contributed by atoms with E-state index in [-0.39, 0.29) is 17.4 Å². The number of esters is 1. The summed E-state index contributed by atoms with van der Waals surface area (Å²) in [5.41, 5.74) is 6.06. The molecule has 88 valence electrons. The number of carbonyl (C=O) groups is 1. The minimum Gasteiger partial charge on any atom is -0.469 e. The average Bonchev–Trinajstić information content (AvgIpc) is 2.25. The Morgan fingerprint density at radius 3 is 2.94 bits per heavy atom. The molecule has 0 saturated heterocycles. The molecular formula is C10H11ClFNO2S. The van der Waals surface area contributed by atoms with E-state index >= 15 is 0 Å². The Balaban J connectivity index is 2.60. The third-order valence-corrected chi connectivity index (χ3v) is 3.21. The average molecular weight is 264 g/mol. The first-order valence-corrected chi connectivity index (χ1v) is 5.85. The van der Waals surface area contributed by atoms with Crippen LogP contribution >= 0.6 is 23.4 Å². The number of hydrogen-bond donors (Lipinski definition) is 1. The molecule has 0 radical (unpaired) electrons. The van der Waals surface area contributed by atoms with Crippen molar-refractivity contribution in [2.45, 2.75) is 11.3 Å². The van der Waals surface area contributed by atoms with Crippen molar-refractivity contribution in [2.75, 3.05) is 18.6 Å².